The van der Waals surface area contributed by atoms with Crippen LogP contribution in [0.15, 0.2) is 41.5 Å². The van der Waals surface area contributed by atoms with Crippen LogP contribution in [-0.2, 0) is 13.1 Å². The van der Waals surface area contributed by atoms with Crippen LogP contribution in [0.4, 0.5) is 0 Å². The van der Waals surface area contributed by atoms with Gasteiger partial charge in [0.1, 0.15) is 12.0 Å². The Kier molecular flexibility index (Phi) is 6.24. The number of likely N-dealkylation sites (tertiary alicyclic amines) is 1. The topological polar surface area (TPSA) is 87.9 Å². The number of aromatic amines is 1. The van der Waals surface area contributed by atoms with Gasteiger partial charge in [-0.05, 0) is 24.4 Å². The lowest BCUT2D eigenvalue weighted by Gasteiger charge is -2.14. The zero-order valence-corrected chi connectivity index (χ0v) is 12.9. The Balaban J connectivity index is 0.000000172. The van der Waals surface area contributed by atoms with Crippen LogP contribution in [0.25, 0.3) is 0 Å². The summed E-state index contributed by atoms with van der Waals surface area (Å²) in [6, 6.07) is 10.7. The fourth-order valence-corrected chi connectivity index (χ4v) is 2.46. The monoisotopic (exact) mass is 301 g/mol. The van der Waals surface area contributed by atoms with Crippen molar-refractivity contribution in [2.45, 2.75) is 26.4 Å². The van der Waals surface area contributed by atoms with E-state index in [4.69, 9.17) is 5.73 Å². The van der Waals surface area contributed by atoms with Crippen LogP contribution >= 0.6 is 0 Å². The van der Waals surface area contributed by atoms with E-state index in [9.17, 15) is 4.79 Å². The highest BCUT2D eigenvalue weighted by Crippen LogP contribution is 2.17. The van der Waals surface area contributed by atoms with E-state index < -0.39 is 0 Å². The summed E-state index contributed by atoms with van der Waals surface area (Å²) in [5, 5.41) is 6.91. The molecule has 1 aliphatic heterocycles. The van der Waals surface area contributed by atoms with Gasteiger partial charge >= 0.3 is 0 Å². The third-order valence-electron chi connectivity index (χ3n) is 3.64. The zero-order chi connectivity index (χ0) is 15.8. The van der Waals surface area contributed by atoms with Crippen molar-refractivity contribution in [2.24, 2.45) is 11.7 Å². The maximum atomic E-state index is 10.6. The maximum Gasteiger partial charge on any atom is 0.274 e. The second-order valence-electron chi connectivity index (χ2n) is 5.58. The average molecular weight is 301 g/mol. The Labute approximate surface area is 130 Å². The van der Waals surface area contributed by atoms with E-state index in [2.05, 4.69) is 57.3 Å². The molecule has 3 rings (SSSR count). The number of nitrogens with two attached hydrogens (primary N) is 1. The van der Waals surface area contributed by atoms with E-state index in [-0.39, 0.29) is 17.8 Å². The highest BCUT2D eigenvalue weighted by Gasteiger charge is 2.17. The van der Waals surface area contributed by atoms with Crippen LogP contribution in [0.1, 0.15) is 24.6 Å². The third-order valence-corrected chi connectivity index (χ3v) is 3.64. The number of benzene rings is 1. The van der Waals surface area contributed by atoms with Crippen LogP contribution < -0.4 is 11.3 Å². The van der Waals surface area contributed by atoms with Crippen LogP contribution in [-0.4, -0.2) is 33.2 Å². The van der Waals surface area contributed by atoms with Crippen molar-refractivity contribution in [1.82, 2.24) is 20.1 Å². The van der Waals surface area contributed by atoms with Crippen molar-refractivity contribution in [3.63, 3.8) is 0 Å². The van der Waals surface area contributed by atoms with Gasteiger partial charge in [-0.15, -0.1) is 10.2 Å². The van der Waals surface area contributed by atoms with E-state index in [1.165, 1.54) is 31.4 Å². The predicted octanol–water partition coefficient (Wildman–Crippen LogP) is 1.15. The number of hydrogen-bond donors (Lipinski definition) is 2. The summed E-state index contributed by atoms with van der Waals surface area (Å²) in [7, 11) is 0. The average Bonchev–Trinajstić information content (AvgIpc) is 2.94. The molecule has 1 aromatic carbocycles. The Morgan fingerprint density at radius 2 is 2.14 bits per heavy atom. The van der Waals surface area contributed by atoms with E-state index in [1.54, 1.807) is 0 Å². The fraction of sp³-hybridized carbons (Fsp3) is 0.438. The first-order valence-electron chi connectivity index (χ1n) is 7.54. The quantitative estimate of drug-likeness (QED) is 0.888. The number of nitrogens with one attached hydrogen (secondary N) is 1. The van der Waals surface area contributed by atoms with Gasteiger partial charge in [0.15, 0.2) is 0 Å². The van der Waals surface area contributed by atoms with Gasteiger partial charge in [0, 0.05) is 19.6 Å². The molecular formula is C16H23N5O. The van der Waals surface area contributed by atoms with Gasteiger partial charge in [0.2, 0.25) is 0 Å². The van der Waals surface area contributed by atoms with Crippen molar-refractivity contribution in [2.75, 3.05) is 13.1 Å². The van der Waals surface area contributed by atoms with E-state index in [1.807, 2.05) is 0 Å². The largest absolute Gasteiger partial charge is 0.325 e. The van der Waals surface area contributed by atoms with Crippen molar-refractivity contribution in [1.29, 1.82) is 0 Å². The van der Waals surface area contributed by atoms with Gasteiger partial charge < -0.3 is 10.7 Å². The molecule has 6 heteroatoms. The second-order valence-corrected chi connectivity index (χ2v) is 5.58. The number of H-pyrrole nitrogens is 1. The van der Waals surface area contributed by atoms with Gasteiger partial charge in [-0.1, -0.05) is 37.3 Å². The molecule has 22 heavy (non-hydrogen) atoms. The van der Waals surface area contributed by atoms with E-state index in [0.717, 1.165) is 12.5 Å². The highest BCUT2D eigenvalue weighted by atomic mass is 16.1. The molecule has 2 heterocycles. The molecule has 1 saturated heterocycles. The Hall–Kier alpha value is -2.05. The molecule has 1 aromatic heterocycles. The minimum absolute atomic E-state index is 0.128. The summed E-state index contributed by atoms with van der Waals surface area (Å²) in [6.07, 6.45) is 2.59. The number of hydrogen-bond acceptors (Lipinski definition) is 5. The maximum absolute atomic E-state index is 10.6. The molecule has 0 amide bonds. The van der Waals surface area contributed by atoms with E-state index in [0.29, 0.717) is 0 Å². The molecule has 0 radical (unpaired) electrons. The van der Waals surface area contributed by atoms with Crippen LogP contribution in [0.5, 0.6) is 0 Å². The van der Waals surface area contributed by atoms with Crippen molar-refractivity contribution < 1.29 is 0 Å². The molecule has 0 saturated carbocycles. The smallest absolute Gasteiger partial charge is 0.274 e. The fourth-order valence-electron chi connectivity index (χ4n) is 2.46. The normalized spacial score (nSPS) is 17.8. The minimum Gasteiger partial charge on any atom is -0.325 e. The van der Waals surface area contributed by atoms with Gasteiger partial charge in [-0.2, -0.15) is 0 Å². The summed E-state index contributed by atoms with van der Waals surface area (Å²) >= 11 is 0. The molecule has 3 N–H and O–H groups in total. The molecule has 0 bridgehead atoms. The minimum atomic E-state index is -0.271. The Morgan fingerprint density at radius 1 is 1.36 bits per heavy atom. The van der Waals surface area contributed by atoms with E-state index >= 15 is 0 Å². The number of rotatable bonds is 3. The van der Waals surface area contributed by atoms with Crippen molar-refractivity contribution in [3.05, 3.63) is 58.3 Å². The first kappa shape index (κ1) is 16.3. The molecule has 1 atom stereocenters. The lowest BCUT2D eigenvalue weighted by Crippen LogP contribution is -2.19. The lowest BCUT2D eigenvalue weighted by molar-refractivity contribution is 0.320. The molecule has 0 aliphatic carbocycles. The van der Waals surface area contributed by atoms with Gasteiger partial charge in [-0.3, -0.25) is 9.69 Å². The second kappa shape index (κ2) is 8.41. The van der Waals surface area contributed by atoms with Crippen molar-refractivity contribution >= 4 is 0 Å². The third kappa shape index (κ3) is 5.05. The van der Waals surface area contributed by atoms with Gasteiger partial charge in [0.05, 0.1) is 0 Å². The highest BCUT2D eigenvalue weighted by molar-refractivity contribution is 5.14. The number of nitrogens with zero attached hydrogens (tertiary/aromatic N) is 3. The summed E-state index contributed by atoms with van der Waals surface area (Å²) in [5.41, 5.74) is 6.56. The molecule has 118 valence electrons. The summed E-state index contributed by atoms with van der Waals surface area (Å²) in [6.45, 7) is 6.14. The molecule has 2 aromatic rings. The molecule has 1 fully saturated rings. The Morgan fingerprint density at radius 3 is 2.68 bits per heavy atom. The molecular weight excluding hydrogens is 278 g/mol. The Bertz CT molecular complexity index is 613. The molecule has 1 unspecified atom stereocenters. The summed E-state index contributed by atoms with van der Waals surface area (Å²) < 4.78 is 0. The van der Waals surface area contributed by atoms with Gasteiger partial charge in [-0.25, -0.2) is 0 Å². The number of aromatic nitrogens is 3. The van der Waals surface area contributed by atoms with Crippen LogP contribution in [0.3, 0.4) is 0 Å². The standard InChI is InChI=1S/C12H17N.C4H6N4O/c1-11-7-8-13(9-11)10-12-5-3-2-4-6-12;5-1-3-4(9)6-2-7-8-3/h2-6,11H,7-10H2,1H3;2H,1,5H2,(H,6,7,9). The summed E-state index contributed by atoms with van der Waals surface area (Å²) in [5.74, 6) is 0.892. The SMILES string of the molecule is CC1CCN(Cc2ccccc2)C1.NCc1nnc[nH]c1=O. The van der Waals surface area contributed by atoms with Crippen LogP contribution in [0, 0.1) is 5.92 Å². The van der Waals surface area contributed by atoms with Crippen LogP contribution in [0.2, 0.25) is 0 Å². The van der Waals surface area contributed by atoms with Crippen molar-refractivity contribution in [3.8, 4) is 0 Å². The predicted molar refractivity (Wildman–Crippen MR) is 86.0 cm³/mol. The zero-order valence-electron chi connectivity index (χ0n) is 12.9. The first-order valence-corrected chi connectivity index (χ1v) is 7.54. The molecule has 0 spiro atoms. The molecule has 6 nitrogen and oxygen atoms in total. The van der Waals surface area contributed by atoms with Gasteiger partial charge in [0.25, 0.3) is 5.56 Å². The molecule has 1 aliphatic rings. The first-order chi connectivity index (χ1) is 10.7. The lowest BCUT2D eigenvalue weighted by atomic mass is 10.2. The summed E-state index contributed by atoms with van der Waals surface area (Å²) in [4.78, 5) is 15.5.